The van der Waals surface area contributed by atoms with Crippen LogP contribution in [0.5, 0.6) is 0 Å². The van der Waals surface area contributed by atoms with Crippen molar-refractivity contribution in [1.29, 1.82) is 0 Å². The van der Waals surface area contributed by atoms with Gasteiger partial charge in [0, 0.05) is 12.6 Å². The summed E-state index contributed by atoms with van der Waals surface area (Å²) in [7, 11) is 0. The summed E-state index contributed by atoms with van der Waals surface area (Å²) in [5.41, 5.74) is -0.0698. The van der Waals surface area contributed by atoms with Gasteiger partial charge in [0.2, 0.25) is 0 Å². The van der Waals surface area contributed by atoms with Crippen LogP contribution in [0.25, 0.3) is 0 Å². The minimum atomic E-state index is -4.31. The summed E-state index contributed by atoms with van der Waals surface area (Å²) in [5, 5.41) is 12.3. The van der Waals surface area contributed by atoms with Crippen LogP contribution in [-0.4, -0.2) is 17.8 Å². The van der Waals surface area contributed by atoms with E-state index in [-0.39, 0.29) is 6.04 Å². The van der Waals surface area contributed by atoms with Gasteiger partial charge in [-0.15, -0.1) is 0 Å². The summed E-state index contributed by atoms with van der Waals surface area (Å²) in [6.45, 7) is 0.431. The lowest BCUT2D eigenvalue weighted by Crippen LogP contribution is -2.15. The Morgan fingerprint density at radius 3 is 2.62 bits per heavy atom. The quantitative estimate of drug-likeness (QED) is 0.775. The number of rotatable bonds is 1. The van der Waals surface area contributed by atoms with E-state index in [1.807, 2.05) is 0 Å². The molecule has 1 aliphatic rings. The van der Waals surface area contributed by atoms with E-state index in [1.54, 1.807) is 6.07 Å². The molecule has 0 saturated carbocycles. The van der Waals surface area contributed by atoms with Gasteiger partial charge in [-0.2, -0.15) is 13.2 Å². The predicted molar refractivity (Wildman–Crippen MR) is 52.8 cm³/mol. The molecule has 0 aromatic heterocycles. The maximum absolute atomic E-state index is 12.5. The molecule has 0 amide bonds. The zero-order valence-electron chi connectivity index (χ0n) is 8.46. The second kappa shape index (κ2) is 4.07. The average Bonchev–Trinajstić information content (AvgIpc) is 2.64. The number of β-amino-alcohol motifs (C(OH)–C–C–N with tert-alkyl or cyclic N) is 1. The number of halogens is 3. The van der Waals surface area contributed by atoms with Crippen molar-refractivity contribution in [2.75, 3.05) is 6.54 Å². The van der Waals surface area contributed by atoms with E-state index in [4.69, 9.17) is 0 Å². The van der Waals surface area contributed by atoms with Gasteiger partial charge in [-0.1, -0.05) is 12.1 Å². The minimum Gasteiger partial charge on any atom is -0.392 e. The van der Waals surface area contributed by atoms with Crippen LogP contribution in [0.3, 0.4) is 0 Å². The third-order valence-electron chi connectivity index (χ3n) is 2.72. The minimum absolute atomic E-state index is 0.183. The summed E-state index contributed by atoms with van der Waals surface area (Å²) in [6.07, 6.45) is -4.33. The number of hydrogen-bond acceptors (Lipinski definition) is 2. The predicted octanol–water partition coefficient (Wildman–Crippen LogP) is 2.10. The molecular formula is C11H12F3NO. The lowest BCUT2D eigenvalue weighted by atomic mass is 10.0. The zero-order chi connectivity index (χ0) is 11.8. The van der Waals surface area contributed by atoms with E-state index in [1.165, 1.54) is 6.07 Å². The monoisotopic (exact) mass is 231 g/mol. The van der Waals surface area contributed by atoms with Gasteiger partial charge in [-0.25, -0.2) is 0 Å². The molecule has 2 nitrogen and oxygen atoms in total. The van der Waals surface area contributed by atoms with E-state index < -0.39 is 17.8 Å². The smallest absolute Gasteiger partial charge is 0.392 e. The molecule has 0 radical (unpaired) electrons. The van der Waals surface area contributed by atoms with Crippen molar-refractivity contribution < 1.29 is 18.3 Å². The van der Waals surface area contributed by atoms with E-state index in [0.717, 1.165) is 12.1 Å². The molecular weight excluding hydrogens is 219 g/mol. The zero-order valence-corrected chi connectivity index (χ0v) is 8.46. The van der Waals surface area contributed by atoms with Crippen LogP contribution >= 0.6 is 0 Å². The SMILES string of the molecule is OC1CNC(c2cccc(C(F)(F)F)c2)C1. The van der Waals surface area contributed by atoms with Crippen molar-refractivity contribution in [3.8, 4) is 0 Å². The fraction of sp³-hybridized carbons (Fsp3) is 0.455. The number of aliphatic hydroxyl groups excluding tert-OH is 1. The second-order valence-corrected chi connectivity index (χ2v) is 3.97. The molecule has 2 unspecified atom stereocenters. The highest BCUT2D eigenvalue weighted by Crippen LogP contribution is 2.32. The van der Waals surface area contributed by atoms with Gasteiger partial charge in [0.1, 0.15) is 0 Å². The van der Waals surface area contributed by atoms with Crippen LogP contribution < -0.4 is 5.32 Å². The van der Waals surface area contributed by atoms with Crippen LogP contribution in [0.4, 0.5) is 13.2 Å². The van der Waals surface area contributed by atoms with Crippen molar-refractivity contribution in [2.45, 2.75) is 24.7 Å². The topological polar surface area (TPSA) is 32.3 Å². The highest BCUT2D eigenvalue weighted by Gasteiger charge is 2.31. The van der Waals surface area contributed by atoms with Gasteiger partial charge in [-0.05, 0) is 24.1 Å². The normalized spacial score (nSPS) is 26.0. The van der Waals surface area contributed by atoms with Crippen molar-refractivity contribution in [2.24, 2.45) is 0 Å². The first-order valence-electron chi connectivity index (χ1n) is 5.05. The van der Waals surface area contributed by atoms with Gasteiger partial charge in [0.05, 0.1) is 11.7 Å². The molecule has 1 aromatic carbocycles. The number of nitrogens with one attached hydrogen (secondary N) is 1. The van der Waals surface area contributed by atoms with Crippen LogP contribution in [-0.2, 0) is 6.18 Å². The molecule has 0 aliphatic carbocycles. The molecule has 2 N–H and O–H groups in total. The average molecular weight is 231 g/mol. The van der Waals surface area contributed by atoms with Crippen LogP contribution in [0.2, 0.25) is 0 Å². The third-order valence-corrected chi connectivity index (χ3v) is 2.72. The molecule has 1 fully saturated rings. The Balaban J connectivity index is 2.23. The largest absolute Gasteiger partial charge is 0.416 e. The Kier molecular flexibility index (Phi) is 2.90. The molecule has 1 aliphatic heterocycles. The fourth-order valence-electron chi connectivity index (χ4n) is 1.90. The summed E-state index contributed by atoms with van der Waals surface area (Å²) in [5.74, 6) is 0. The van der Waals surface area contributed by atoms with E-state index in [2.05, 4.69) is 5.32 Å². The Morgan fingerprint density at radius 1 is 1.31 bits per heavy atom. The van der Waals surface area contributed by atoms with Crippen molar-refractivity contribution >= 4 is 0 Å². The Bertz CT molecular complexity index is 378. The highest BCUT2D eigenvalue weighted by atomic mass is 19.4. The molecule has 88 valence electrons. The van der Waals surface area contributed by atoms with E-state index >= 15 is 0 Å². The fourth-order valence-corrected chi connectivity index (χ4v) is 1.90. The van der Waals surface area contributed by atoms with Crippen LogP contribution in [0.15, 0.2) is 24.3 Å². The van der Waals surface area contributed by atoms with Gasteiger partial charge >= 0.3 is 6.18 Å². The summed E-state index contributed by atoms with van der Waals surface area (Å²) < 4.78 is 37.4. The molecule has 0 bridgehead atoms. The number of hydrogen-bond donors (Lipinski definition) is 2. The molecule has 0 spiro atoms. The molecule has 1 aromatic rings. The Morgan fingerprint density at radius 2 is 2.06 bits per heavy atom. The molecule has 1 saturated heterocycles. The van der Waals surface area contributed by atoms with E-state index in [0.29, 0.717) is 18.5 Å². The number of alkyl halides is 3. The first kappa shape index (κ1) is 11.4. The molecule has 2 rings (SSSR count). The van der Waals surface area contributed by atoms with Crippen molar-refractivity contribution in [3.05, 3.63) is 35.4 Å². The first-order chi connectivity index (χ1) is 7.47. The van der Waals surface area contributed by atoms with E-state index in [9.17, 15) is 18.3 Å². The van der Waals surface area contributed by atoms with Gasteiger partial charge in [0.25, 0.3) is 0 Å². The van der Waals surface area contributed by atoms with Gasteiger partial charge < -0.3 is 10.4 Å². The van der Waals surface area contributed by atoms with Crippen LogP contribution in [0, 0.1) is 0 Å². The van der Waals surface area contributed by atoms with Crippen molar-refractivity contribution in [1.82, 2.24) is 5.32 Å². The lowest BCUT2D eigenvalue weighted by molar-refractivity contribution is -0.137. The third kappa shape index (κ3) is 2.36. The van der Waals surface area contributed by atoms with Crippen LogP contribution in [0.1, 0.15) is 23.6 Å². The highest BCUT2D eigenvalue weighted by molar-refractivity contribution is 5.28. The first-order valence-corrected chi connectivity index (χ1v) is 5.05. The molecule has 5 heteroatoms. The summed E-state index contributed by atoms with van der Waals surface area (Å²) in [6, 6.07) is 5.04. The maximum Gasteiger partial charge on any atom is 0.416 e. The number of benzene rings is 1. The Hall–Kier alpha value is -1.07. The summed E-state index contributed by atoms with van der Waals surface area (Å²) in [4.78, 5) is 0. The molecule has 1 heterocycles. The lowest BCUT2D eigenvalue weighted by Gasteiger charge is -2.13. The second-order valence-electron chi connectivity index (χ2n) is 3.97. The maximum atomic E-state index is 12.5. The van der Waals surface area contributed by atoms with Gasteiger partial charge in [0.15, 0.2) is 0 Å². The standard InChI is InChI=1S/C11H12F3NO/c12-11(13,14)8-3-1-2-7(4-8)10-5-9(16)6-15-10/h1-4,9-10,15-16H,5-6H2. The molecule has 2 atom stereocenters. The molecule has 16 heavy (non-hydrogen) atoms. The van der Waals surface area contributed by atoms with Crippen molar-refractivity contribution in [3.63, 3.8) is 0 Å². The van der Waals surface area contributed by atoms with Gasteiger partial charge in [-0.3, -0.25) is 0 Å². The Labute approximate surface area is 91.1 Å². The number of aliphatic hydroxyl groups is 1. The summed E-state index contributed by atoms with van der Waals surface area (Å²) >= 11 is 0.